The molecule has 8 aromatic rings. The minimum Gasteiger partial charge on any atom is -0.503 e. The van der Waals surface area contributed by atoms with Crippen molar-refractivity contribution in [2.24, 2.45) is 6.98 Å². The molecule has 3 aromatic heterocycles. The average molecular weight is 1150 g/mol. The van der Waals surface area contributed by atoms with E-state index in [1.807, 2.05) is 102 Å². The summed E-state index contributed by atoms with van der Waals surface area (Å²) < 4.78 is 36.3. The molecule has 0 fully saturated rings. The fourth-order valence-electron chi connectivity index (χ4n) is 9.35. The van der Waals surface area contributed by atoms with E-state index in [1.54, 1.807) is 6.07 Å². The first kappa shape index (κ1) is 46.1. The van der Waals surface area contributed by atoms with E-state index in [0.717, 1.165) is 72.4 Å². The Labute approximate surface area is 454 Å². The van der Waals surface area contributed by atoms with Gasteiger partial charge in [0.25, 0.3) is 0 Å². The molecule has 12 heteroatoms. The molecule has 0 saturated carbocycles. The molecular weight excluding hydrogens is 1090 g/mol. The first-order valence-corrected chi connectivity index (χ1v) is 24.5. The Morgan fingerprint density at radius 2 is 1.30 bits per heavy atom. The van der Waals surface area contributed by atoms with E-state index in [1.165, 1.54) is 4.57 Å². The molecule has 3 aliphatic rings. The predicted molar refractivity (Wildman–Crippen MR) is 304 cm³/mol. The number of aromatic nitrogens is 4. The number of ether oxygens (including phenoxy) is 1. The van der Waals surface area contributed by atoms with Gasteiger partial charge in [-0.1, -0.05) is 137 Å². The summed E-state index contributed by atoms with van der Waals surface area (Å²) in [6.07, 6.45) is 23.9. The molecule has 368 valence electrons. The van der Waals surface area contributed by atoms with Crippen LogP contribution in [0.5, 0.6) is 11.6 Å². The molecule has 0 saturated heterocycles. The normalized spacial score (nSPS) is 19.5. The van der Waals surface area contributed by atoms with Crippen LogP contribution in [0.1, 0.15) is 68.0 Å². The van der Waals surface area contributed by atoms with Gasteiger partial charge in [-0.2, -0.15) is 23.9 Å². The van der Waals surface area contributed by atoms with Gasteiger partial charge < -0.3 is 34.3 Å². The van der Waals surface area contributed by atoms with E-state index in [-0.39, 0.29) is 38.3 Å². The van der Waals surface area contributed by atoms with Crippen LogP contribution in [0.3, 0.4) is 0 Å². The van der Waals surface area contributed by atoms with Crippen molar-refractivity contribution < 1.29 is 29.9 Å². The summed E-state index contributed by atoms with van der Waals surface area (Å²) >= 11 is 0. The fourth-order valence-corrected chi connectivity index (χ4v) is 9.35. The van der Waals surface area contributed by atoms with Crippen molar-refractivity contribution in [3.63, 3.8) is 0 Å². The second-order valence-corrected chi connectivity index (χ2v) is 20.1. The van der Waals surface area contributed by atoms with Gasteiger partial charge in [0.2, 0.25) is 5.95 Å². The Hall–Kier alpha value is -7.74. The molecule has 0 unspecified atom stereocenters. The van der Waals surface area contributed by atoms with Crippen LogP contribution in [0.2, 0.25) is 0 Å². The third-order valence-electron chi connectivity index (χ3n) is 13.1. The average Bonchev–Trinajstić information content (AvgIpc) is 4.21. The van der Waals surface area contributed by atoms with E-state index in [2.05, 4.69) is 180 Å². The van der Waals surface area contributed by atoms with Crippen molar-refractivity contribution in [2.75, 3.05) is 9.80 Å². The quantitative estimate of drug-likeness (QED) is 0.122. The number of anilines is 4. The van der Waals surface area contributed by atoms with E-state index < -0.39 is 12.4 Å². The molecule has 0 aliphatic carbocycles. The molecule has 11 rings (SSSR count). The van der Waals surface area contributed by atoms with Gasteiger partial charge in [-0.15, -0.1) is 36.1 Å². The maximum Gasteiger partial charge on any atom is 0.213 e. The minimum absolute atomic E-state index is 0. The third kappa shape index (κ3) is 9.77. The number of para-hydroxylation sites is 5. The van der Waals surface area contributed by atoms with Crippen molar-refractivity contribution in [2.45, 2.75) is 52.4 Å². The largest absolute Gasteiger partial charge is 0.503 e. The molecule has 74 heavy (non-hydrogen) atoms. The molecule has 3 aliphatic heterocycles. The molecule has 0 atom stereocenters. The number of fused-ring (bicyclic) bond motifs is 5. The minimum atomic E-state index is -2.54. The number of nitrogens with one attached hydrogen (secondary N) is 2. The monoisotopic (exact) mass is 1150 g/mol. The number of imidazole rings is 1. The van der Waals surface area contributed by atoms with Gasteiger partial charge in [0.05, 0.1) is 11.0 Å². The molecule has 0 spiro atoms. The van der Waals surface area contributed by atoms with E-state index >= 15 is 0 Å². The summed E-state index contributed by atoms with van der Waals surface area (Å²) in [6.45, 7) is 12.5. The van der Waals surface area contributed by atoms with Crippen LogP contribution in [0.4, 0.5) is 22.7 Å². The maximum atomic E-state index is 8.74. The van der Waals surface area contributed by atoms with Crippen molar-refractivity contribution in [3.05, 3.63) is 230 Å². The van der Waals surface area contributed by atoms with Gasteiger partial charge in [-0.05, 0) is 93.2 Å². The van der Waals surface area contributed by atoms with Gasteiger partial charge in [-0.3, -0.25) is 4.98 Å². The number of hydrogen-bond donors (Lipinski definition) is 2. The van der Waals surface area contributed by atoms with Crippen LogP contribution in [0, 0.1) is 18.8 Å². The Morgan fingerprint density at radius 3 is 1.97 bits per heavy atom. The van der Waals surface area contributed by atoms with Crippen LogP contribution in [-0.2, 0) is 38.9 Å². The zero-order valence-corrected chi connectivity index (χ0v) is 44.3. The molecule has 2 N–H and O–H groups in total. The van der Waals surface area contributed by atoms with Gasteiger partial charge >= 0.3 is 0 Å². The van der Waals surface area contributed by atoms with Crippen LogP contribution in [0.25, 0.3) is 49.7 Å². The summed E-state index contributed by atoms with van der Waals surface area (Å²) in [4.78, 5) is 14.5. The number of rotatable bonds is 7. The van der Waals surface area contributed by atoms with Crippen LogP contribution in [0.15, 0.2) is 188 Å². The standard InChI is InChI=1S/C62H55B2N8O.Pt/c1-61(2,3)42-27-30-52-48(37-42)45-29-28-44(40-56(45)72(52)60-67-51-23-8-9-24-53(51)69(60)7)73-58-39-43(38-57(68-58)62(4,5)6)70-41-71(55-26-11-10-25-54(55)70)59-46(49-21-17-35-65-33-14-12-31-63-49)19-16-20-47(59)50-22-18-36-66-34-15-13-32-64-50;/h8-38,41,65-66H,1-7H3;/q-3;/b31-12-,32-13-,33-14-,34-15-,35-17-,36-18-,49-21-,50-22-;/i7D3;. The molecule has 2 radical (unpaired) electrons. The molecule has 9 nitrogen and oxygen atoms in total. The summed E-state index contributed by atoms with van der Waals surface area (Å²) in [6, 6.07) is 41.6. The van der Waals surface area contributed by atoms with Gasteiger partial charge in [-0.25, -0.2) is 4.98 Å². The van der Waals surface area contributed by atoms with Crippen molar-refractivity contribution in [3.8, 4) is 17.6 Å². The zero-order valence-electron chi connectivity index (χ0n) is 45.0. The Bertz CT molecular complexity index is 3760. The summed E-state index contributed by atoms with van der Waals surface area (Å²) in [5, 5.41) is 8.25. The number of allylic oxidation sites excluding steroid dienone is 8. The van der Waals surface area contributed by atoms with Gasteiger partial charge in [0.15, 0.2) is 14.6 Å². The molecular formula is C62H55B2N8OPt-3. The first-order valence-electron chi connectivity index (χ1n) is 26.0. The van der Waals surface area contributed by atoms with Crippen LogP contribution >= 0.6 is 0 Å². The maximum absolute atomic E-state index is 8.74. The molecule has 0 bridgehead atoms. The van der Waals surface area contributed by atoms with E-state index in [4.69, 9.17) is 18.8 Å². The third-order valence-corrected chi connectivity index (χ3v) is 13.1. The van der Waals surface area contributed by atoms with E-state index in [0.29, 0.717) is 22.3 Å². The van der Waals surface area contributed by atoms with Crippen molar-refractivity contribution in [1.82, 2.24) is 29.7 Å². The smallest absolute Gasteiger partial charge is 0.213 e. The summed E-state index contributed by atoms with van der Waals surface area (Å²) in [7, 11) is 4.28. The first-order chi connectivity index (χ1) is 36.6. The number of nitrogens with zero attached hydrogens (tertiary/aromatic N) is 6. The zero-order chi connectivity index (χ0) is 52.8. The number of aryl methyl sites for hydroxylation is 1. The van der Waals surface area contributed by atoms with Crippen LogP contribution in [-0.4, -0.2) is 33.7 Å². The second kappa shape index (κ2) is 20.6. The summed E-state index contributed by atoms with van der Waals surface area (Å²) in [5.41, 5.74) is 11.6. The number of hydrogen-bond acceptors (Lipinski definition) is 7. The molecule has 0 amide bonds. The topological polar surface area (TPSA) is 75.4 Å². The number of pyridine rings is 1. The summed E-state index contributed by atoms with van der Waals surface area (Å²) in [5.74, 6) is 4.99. The van der Waals surface area contributed by atoms with Crippen molar-refractivity contribution in [1.29, 1.82) is 0 Å². The Balaban J connectivity index is 0.00000672. The number of benzene rings is 5. The molecule has 6 heterocycles. The van der Waals surface area contributed by atoms with Crippen molar-refractivity contribution >= 4 is 81.1 Å². The van der Waals surface area contributed by atoms with Gasteiger partial charge in [0, 0.05) is 85.3 Å². The second-order valence-electron chi connectivity index (χ2n) is 20.1. The Kier molecular flexibility index (Phi) is 12.9. The Morgan fingerprint density at radius 1 is 0.635 bits per heavy atom. The predicted octanol–water partition coefficient (Wildman–Crippen LogP) is 13.8. The molecule has 5 aromatic carbocycles. The van der Waals surface area contributed by atoms with E-state index in [9.17, 15) is 0 Å². The van der Waals surface area contributed by atoms with Gasteiger partial charge in [0.1, 0.15) is 5.88 Å². The van der Waals surface area contributed by atoms with Crippen LogP contribution < -0.4 is 25.2 Å². The SMILES string of the molecule is [2H]C([2H])([2H])n1c(-n2c3[c-]c(Oc4[c-]c(N5[CH-]N(c6c(/C7=C/C=C\N/C=C\C=C/[B]7)cccc6/C6=C/C=C\N/C=C\C=C/[B]6)c6ccccc65)cc(C(C)(C)C)n4)ccc3c3cc(C(C)(C)C)ccc32)nc2ccccc21.[Pt]. The fraction of sp³-hybridized carbons (Fsp3) is 0.145.